The Hall–Kier alpha value is -2.89. The highest BCUT2D eigenvalue weighted by molar-refractivity contribution is 5.98. The van der Waals surface area contributed by atoms with Crippen LogP contribution in [-0.2, 0) is 24.2 Å². The predicted molar refractivity (Wildman–Crippen MR) is 141 cm³/mol. The van der Waals surface area contributed by atoms with Crippen molar-refractivity contribution < 1.29 is 14.0 Å². The number of hydrogen-bond donors (Lipinski definition) is 2. The van der Waals surface area contributed by atoms with Crippen molar-refractivity contribution in [1.82, 2.24) is 9.88 Å². The number of hydrogen-bond acceptors (Lipinski definition) is 2. The number of nitrogens with zero attached hydrogens (tertiary/aromatic N) is 1. The minimum atomic E-state index is -0.407. The SMILES string of the molecule is C/C=C\CF.C=C(C)CC.CCn1c2c(c3cc(C(N)=O)ccc31)CC(NC(=O)C(C)C)CC2. The first-order chi connectivity index (χ1) is 16.1. The van der Waals surface area contributed by atoms with Crippen molar-refractivity contribution in [3.05, 3.63) is 59.3 Å². The van der Waals surface area contributed by atoms with Gasteiger partial charge in [-0.3, -0.25) is 9.59 Å². The van der Waals surface area contributed by atoms with E-state index in [-0.39, 0.29) is 24.5 Å². The summed E-state index contributed by atoms with van der Waals surface area (Å²) in [5.74, 6) is -0.319. The molecule has 0 fully saturated rings. The smallest absolute Gasteiger partial charge is 0.248 e. The van der Waals surface area contributed by atoms with Crippen LogP contribution in [0.3, 0.4) is 0 Å². The maximum atomic E-state index is 12.0. The van der Waals surface area contributed by atoms with Gasteiger partial charge in [-0.2, -0.15) is 0 Å². The monoisotopic (exact) mass is 471 g/mol. The number of aromatic nitrogens is 1. The first-order valence-electron chi connectivity index (χ1n) is 12.2. The number of halogens is 1. The Morgan fingerprint density at radius 3 is 2.41 bits per heavy atom. The van der Waals surface area contributed by atoms with Crippen LogP contribution in [0.5, 0.6) is 0 Å². The van der Waals surface area contributed by atoms with Crippen LogP contribution in [0.25, 0.3) is 10.9 Å². The number of primary amides is 1. The van der Waals surface area contributed by atoms with Crippen LogP contribution in [-0.4, -0.2) is 29.1 Å². The molecule has 1 aromatic carbocycles. The number of carbonyl (C=O) groups excluding carboxylic acids is 2. The molecule has 3 rings (SSSR count). The standard InChI is InChI=1S/C19H25N3O2.C5H10.C4H7F/c1-4-22-16-7-5-12(18(20)23)9-14(16)15-10-13(6-8-17(15)22)21-19(24)11(2)3;1-4-5(2)3;1-2-3-4-5/h5,7,9,11,13H,4,6,8,10H2,1-3H3,(H2,20,23)(H,21,24);2,4H2,1,3H3;2-3H,4H2,1H3/b;;3-2-. The van der Waals surface area contributed by atoms with Gasteiger partial charge < -0.3 is 15.6 Å². The number of amides is 2. The van der Waals surface area contributed by atoms with Crippen LogP contribution >= 0.6 is 0 Å². The first kappa shape index (κ1) is 29.1. The van der Waals surface area contributed by atoms with E-state index >= 15 is 0 Å². The maximum Gasteiger partial charge on any atom is 0.248 e. The summed E-state index contributed by atoms with van der Waals surface area (Å²) in [6.45, 7) is 16.1. The molecule has 2 aromatic rings. The minimum Gasteiger partial charge on any atom is -0.366 e. The number of fused-ring (bicyclic) bond motifs is 3. The second kappa shape index (κ2) is 14.4. The molecule has 1 heterocycles. The van der Waals surface area contributed by atoms with Crippen molar-refractivity contribution in [2.45, 2.75) is 79.8 Å². The van der Waals surface area contributed by atoms with Gasteiger partial charge in [-0.25, -0.2) is 4.39 Å². The molecule has 0 bridgehead atoms. The summed E-state index contributed by atoms with van der Waals surface area (Å²) in [6, 6.07) is 5.83. The number of nitrogens with two attached hydrogens (primary N) is 1. The van der Waals surface area contributed by atoms with Gasteiger partial charge in [0.2, 0.25) is 11.8 Å². The lowest BCUT2D eigenvalue weighted by atomic mass is 9.90. The lowest BCUT2D eigenvalue weighted by Crippen LogP contribution is -2.40. The van der Waals surface area contributed by atoms with E-state index in [0.29, 0.717) is 5.56 Å². The molecule has 0 radical (unpaired) electrons. The zero-order valence-corrected chi connectivity index (χ0v) is 21.7. The Balaban J connectivity index is 0.000000489. The summed E-state index contributed by atoms with van der Waals surface area (Å²) in [6.07, 6.45) is 6.94. The van der Waals surface area contributed by atoms with Crippen molar-refractivity contribution in [2.24, 2.45) is 11.7 Å². The van der Waals surface area contributed by atoms with Crippen LogP contribution < -0.4 is 11.1 Å². The Bertz CT molecular complexity index is 1000. The maximum absolute atomic E-state index is 12.0. The van der Waals surface area contributed by atoms with Gasteiger partial charge in [-0.15, -0.1) is 6.58 Å². The molecular formula is C28H42FN3O2. The second-order valence-corrected chi connectivity index (χ2v) is 8.90. The summed E-state index contributed by atoms with van der Waals surface area (Å²) < 4.78 is 13.2. The fourth-order valence-corrected chi connectivity index (χ4v) is 3.74. The second-order valence-electron chi connectivity index (χ2n) is 8.90. The topological polar surface area (TPSA) is 77.1 Å². The molecule has 5 nitrogen and oxygen atoms in total. The lowest BCUT2D eigenvalue weighted by Gasteiger charge is -2.25. The molecular weight excluding hydrogens is 429 g/mol. The van der Waals surface area contributed by atoms with Crippen molar-refractivity contribution in [2.75, 3.05) is 6.67 Å². The van der Waals surface area contributed by atoms with E-state index in [1.807, 2.05) is 32.9 Å². The molecule has 0 spiro atoms. The molecule has 34 heavy (non-hydrogen) atoms. The zero-order valence-electron chi connectivity index (χ0n) is 21.7. The number of benzene rings is 1. The van der Waals surface area contributed by atoms with Crippen LogP contribution in [0.1, 0.15) is 76.0 Å². The van der Waals surface area contributed by atoms with Crippen molar-refractivity contribution in [3.63, 3.8) is 0 Å². The molecule has 188 valence electrons. The zero-order chi connectivity index (χ0) is 25.8. The van der Waals surface area contributed by atoms with E-state index in [1.54, 1.807) is 19.1 Å². The summed E-state index contributed by atoms with van der Waals surface area (Å²) >= 11 is 0. The average molecular weight is 472 g/mol. The highest BCUT2D eigenvalue weighted by Crippen LogP contribution is 2.33. The average Bonchev–Trinajstić information content (AvgIpc) is 3.12. The molecule has 0 saturated heterocycles. The number of carbonyl (C=O) groups is 2. The number of alkyl halides is 1. The van der Waals surface area contributed by atoms with Gasteiger partial charge in [0.05, 0.1) is 0 Å². The van der Waals surface area contributed by atoms with Crippen LogP contribution in [0.15, 0.2) is 42.5 Å². The highest BCUT2D eigenvalue weighted by Gasteiger charge is 2.26. The van der Waals surface area contributed by atoms with E-state index in [2.05, 4.69) is 30.3 Å². The van der Waals surface area contributed by atoms with E-state index < -0.39 is 5.91 Å². The van der Waals surface area contributed by atoms with E-state index in [1.165, 1.54) is 22.9 Å². The molecule has 1 atom stereocenters. The Morgan fingerprint density at radius 1 is 1.32 bits per heavy atom. The first-order valence-corrected chi connectivity index (χ1v) is 12.2. The summed E-state index contributed by atoms with van der Waals surface area (Å²) in [4.78, 5) is 23.5. The van der Waals surface area contributed by atoms with Crippen molar-refractivity contribution in [1.29, 1.82) is 0 Å². The number of nitrogens with one attached hydrogen (secondary N) is 1. The van der Waals surface area contributed by atoms with Gasteiger partial charge in [0, 0.05) is 40.7 Å². The normalized spacial score (nSPS) is 14.6. The third-order valence-corrected chi connectivity index (χ3v) is 5.87. The lowest BCUT2D eigenvalue weighted by molar-refractivity contribution is -0.124. The fraction of sp³-hybridized carbons (Fsp3) is 0.500. The largest absolute Gasteiger partial charge is 0.366 e. The third kappa shape index (κ3) is 8.15. The fourth-order valence-electron chi connectivity index (χ4n) is 3.74. The third-order valence-electron chi connectivity index (χ3n) is 5.87. The highest BCUT2D eigenvalue weighted by atomic mass is 19.1. The Kier molecular flexibility index (Phi) is 12.3. The van der Waals surface area contributed by atoms with Crippen molar-refractivity contribution >= 4 is 22.7 Å². The number of allylic oxidation sites excluding steroid dienone is 3. The van der Waals surface area contributed by atoms with E-state index in [0.717, 1.165) is 43.1 Å². The quantitative estimate of drug-likeness (QED) is 0.515. The summed E-state index contributed by atoms with van der Waals surface area (Å²) in [7, 11) is 0. The van der Waals surface area contributed by atoms with E-state index in [4.69, 9.17) is 5.73 Å². The van der Waals surface area contributed by atoms with Gasteiger partial charge >= 0.3 is 0 Å². The summed E-state index contributed by atoms with van der Waals surface area (Å²) in [5.41, 5.74) is 10.9. The van der Waals surface area contributed by atoms with Gasteiger partial charge in [-0.1, -0.05) is 38.5 Å². The number of rotatable bonds is 6. The minimum absolute atomic E-state index is 0.00940. The Morgan fingerprint density at radius 2 is 1.97 bits per heavy atom. The van der Waals surface area contributed by atoms with Gasteiger partial charge in [0.1, 0.15) is 6.67 Å². The van der Waals surface area contributed by atoms with Gasteiger partial charge in [-0.05, 0) is 70.2 Å². The van der Waals surface area contributed by atoms with Crippen LogP contribution in [0, 0.1) is 5.92 Å². The van der Waals surface area contributed by atoms with Crippen LogP contribution in [0.2, 0.25) is 0 Å². The van der Waals surface area contributed by atoms with Crippen LogP contribution in [0.4, 0.5) is 4.39 Å². The van der Waals surface area contributed by atoms with E-state index in [9.17, 15) is 14.0 Å². The molecule has 0 saturated carbocycles. The molecule has 6 heteroatoms. The van der Waals surface area contributed by atoms with Gasteiger partial charge in [0.25, 0.3) is 0 Å². The molecule has 0 aliphatic heterocycles. The molecule has 1 aliphatic carbocycles. The molecule has 1 aliphatic rings. The molecule has 1 aromatic heterocycles. The van der Waals surface area contributed by atoms with Crippen molar-refractivity contribution in [3.8, 4) is 0 Å². The van der Waals surface area contributed by atoms with Gasteiger partial charge in [0.15, 0.2) is 0 Å². The molecule has 3 N–H and O–H groups in total. The number of aryl methyl sites for hydroxylation is 1. The Labute approximate surface area is 204 Å². The predicted octanol–water partition coefficient (Wildman–Crippen LogP) is 5.89. The molecule has 2 amide bonds. The summed E-state index contributed by atoms with van der Waals surface area (Å²) in [5, 5.41) is 4.24. The molecule has 1 unspecified atom stereocenters.